The molecule has 1 heterocycles. The van der Waals surface area contributed by atoms with Crippen LogP contribution in [0.2, 0.25) is 5.15 Å². The van der Waals surface area contributed by atoms with Crippen LogP contribution in [0.25, 0.3) is 0 Å². The van der Waals surface area contributed by atoms with Gasteiger partial charge in [-0.3, -0.25) is 4.98 Å². The predicted octanol–water partition coefficient (Wildman–Crippen LogP) is 3.02. The number of nitrogens with zero attached hydrogens (tertiary/aromatic N) is 2. The third-order valence-electron chi connectivity index (χ3n) is 2.08. The molecule has 0 radical (unpaired) electrons. The molecule has 1 aromatic heterocycles. The number of halogens is 1. The van der Waals surface area contributed by atoms with Gasteiger partial charge in [-0.2, -0.15) is 0 Å². The Morgan fingerprint density at radius 2 is 1.88 bits per heavy atom. The van der Waals surface area contributed by atoms with Crippen LogP contribution in [-0.4, -0.2) is 9.97 Å². The van der Waals surface area contributed by atoms with E-state index in [2.05, 4.69) is 9.97 Å². The van der Waals surface area contributed by atoms with E-state index in [9.17, 15) is 0 Å². The molecule has 3 nitrogen and oxygen atoms in total. The van der Waals surface area contributed by atoms with Gasteiger partial charge in [0.05, 0.1) is 18.1 Å². The van der Waals surface area contributed by atoms with Crippen LogP contribution in [-0.2, 0) is 6.61 Å². The largest absolute Gasteiger partial charge is 0.487 e. The van der Waals surface area contributed by atoms with Gasteiger partial charge in [0.2, 0.25) is 0 Å². The Kier molecular flexibility index (Phi) is 3.37. The van der Waals surface area contributed by atoms with Crippen molar-refractivity contribution in [2.75, 3.05) is 0 Å². The van der Waals surface area contributed by atoms with Crippen molar-refractivity contribution >= 4 is 11.6 Å². The maximum absolute atomic E-state index is 5.63. The first kappa shape index (κ1) is 10.9. The maximum Gasteiger partial charge on any atom is 0.147 e. The van der Waals surface area contributed by atoms with Crippen molar-refractivity contribution in [3.63, 3.8) is 0 Å². The summed E-state index contributed by atoms with van der Waals surface area (Å²) in [4.78, 5) is 8.02. The lowest BCUT2D eigenvalue weighted by molar-refractivity contribution is 0.300. The Hall–Kier alpha value is -1.61. The first-order chi connectivity index (χ1) is 7.74. The highest BCUT2D eigenvalue weighted by Gasteiger charge is 1.97. The number of ether oxygens (including phenoxy) is 1. The van der Waals surface area contributed by atoms with E-state index in [4.69, 9.17) is 16.3 Å². The summed E-state index contributed by atoms with van der Waals surface area (Å²) in [5, 5.41) is 0.388. The van der Waals surface area contributed by atoms with E-state index in [0.717, 1.165) is 11.4 Å². The fraction of sp³-hybridized carbons (Fsp3) is 0.167. The molecule has 4 heteroatoms. The summed E-state index contributed by atoms with van der Waals surface area (Å²) in [5.41, 5.74) is 1.96. The molecule has 2 aromatic rings. The van der Waals surface area contributed by atoms with E-state index in [1.54, 1.807) is 6.20 Å². The van der Waals surface area contributed by atoms with Crippen molar-refractivity contribution < 1.29 is 4.74 Å². The molecule has 1 aromatic carbocycles. The fourth-order valence-corrected chi connectivity index (χ4v) is 1.30. The van der Waals surface area contributed by atoms with Gasteiger partial charge in [-0.05, 0) is 19.1 Å². The molecule has 0 saturated carbocycles. The first-order valence-electron chi connectivity index (χ1n) is 4.90. The van der Waals surface area contributed by atoms with Crippen LogP contribution in [0, 0.1) is 6.92 Å². The zero-order valence-electron chi connectivity index (χ0n) is 8.85. The molecule has 2 rings (SSSR count). The van der Waals surface area contributed by atoms with Crippen LogP contribution >= 0.6 is 11.6 Å². The summed E-state index contributed by atoms with van der Waals surface area (Å²) in [6.45, 7) is 2.43. The Morgan fingerprint density at radius 1 is 1.12 bits per heavy atom. The van der Waals surface area contributed by atoms with E-state index in [-0.39, 0.29) is 0 Å². The van der Waals surface area contributed by atoms with Gasteiger partial charge in [0.1, 0.15) is 17.5 Å². The second-order valence-corrected chi connectivity index (χ2v) is 3.82. The molecule has 16 heavy (non-hydrogen) atoms. The first-order valence-corrected chi connectivity index (χ1v) is 5.28. The van der Waals surface area contributed by atoms with Gasteiger partial charge in [0, 0.05) is 0 Å². The van der Waals surface area contributed by atoms with Gasteiger partial charge >= 0.3 is 0 Å². The molecule has 0 unspecified atom stereocenters. The molecule has 0 amide bonds. The second-order valence-electron chi connectivity index (χ2n) is 3.43. The number of benzene rings is 1. The zero-order chi connectivity index (χ0) is 11.4. The molecule has 0 aliphatic carbocycles. The molecule has 0 bridgehead atoms. The van der Waals surface area contributed by atoms with Crippen LogP contribution < -0.4 is 4.74 Å². The van der Waals surface area contributed by atoms with Crippen molar-refractivity contribution in [1.29, 1.82) is 0 Å². The van der Waals surface area contributed by atoms with Crippen molar-refractivity contribution in [3.05, 3.63) is 53.1 Å². The summed E-state index contributed by atoms with van der Waals surface area (Å²) < 4.78 is 5.54. The van der Waals surface area contributed by atoms with Crippen LogP contribution in [0.5, 0.6) is 5.75 Å². The number of aromatic nitrogens is 2. The SMILES string of the molecule is Cc1ccc(OCc2cnc(Cl)cn2)cc1. The molecule has 0 spiro atoms. The van der Waals surface area contributed by atoms with Crippen molar-refractivity contribution in [3.8, 4) is 5.75 Å². The van der Waals surface area contributed by atoms with Crippen molar-refractivity contribution in [2.24, 2.45) is 0 Å². The normalized spacial score (nSPS) is 10.1. The zero-order valence-corrected chi connectivity index (χ0v) is 9.61. The Morgan fingerprint density at radius 3 is 2.50 bits per heavy atom. The number of aryl methyl sites for hydroxylation is 1. The molecule has 82 valence electrons. The quantitative estimate of drug-likeness (QED) is 0.819. The van der Waals surface area contributed by atoms with Gasteiger partial charge < -0.3 is 4.74 Å². The molecular weight excluding hydrogens is 224 g/mol. The monoisotopic (exact) mass is 234 g/mol. The van der Waals surface area contributed by atoms with Crippen molar-refractivity contribution in [1.82, 2.24) is 9.97 Å². The Labute approximate surface area is 99.1 Å². The Bertz CT molecular complexity index is 408. The Balaban J connectivity index is 1.97. The molecule has 0 N–H and O–H groups in total. The van der Waals surface area contributed by atoms with Crippen LogP contribution in [0.1, 0.15) is 11.3 Å². The lowest BCUT2D eigenvalue weighted by Crippen LogP contribution is -1.98. The summed E-state index contributed by atoms with van der Waals surface area (Å²) in [6, 6.07) is 7.86. The fourth-order valence-electron chi connectivity index (χ4n) is 1.21. The highest BCUT2D eigenvalue weighted by Crippen LogP contribution is 2.13. The van der Waals surface area contributed by atoms with Gasteiger partial charge in [-0.1, -0.05) is 29.3 Å². The van der Waals surface area contributed by atoms with E-state index in [1.165, 1.54) is 11.8 Å². The topological polar surface area (TPSA) is 35.0 Å². The third kappa shape index (κ3) is 2.94. The van der Waals surface area contributed by atoms with Crippen LogP contribution in [0.15, 0.2) is 36.7 Å². The average Bonchev–Trinajstić information content (AvgIpc) is 2.30. The van der Waals surface area contributed by atoms with Crippen LogP contribution in [0.3, 0.4) is 0 Å². The number of hydrogen-bond acceptors (Lipinski definition) is 3. The lowest BCUT2D eigenvalue weighted by atomic mass is 10.2. The summed E-state index contributed by atoms with van der Waals surface area (Å²) in [7, 11) is 0. The molecule has 0 fully saturated rings. The molecule has 0 saturated heterocycles. The summed E-state index contributed by atoms with van der Waals surface area (Å²) >= 11 is 5.63. The van der Waals surface area contributed by atoms with E-state index in [1.807, 2.05) is 31.2 Å². The van der Waals surface area contributed by atoms with Gasteiger partial charge in [-0.15, -0.1) is 0 Å². The number of hydrogen-bond donors (Lipinski definition) is 0. The van der Waals surface area contributed by atoms with E-state index >= 15 is 0 Å². The minimum Gasteiger partial charge on any atom is -0.487 e. The van der Waals surface area contributed by atoms with Crippen LogP contribution in [0.4, 0.5) is 0 Å². The molecule has 0 aliphatic heterocycles. The van der Waals surface area contributed by atoms with Gasteiger partial charge in [0.15, 0.2) is 0 Å². The van der Waals surface area contributed by atoms with Crippen molar-refractivity contribution in [2.45, 2.75) is 13.5 Å². The lowest BCUT2D eigenvalue weighted by Gasteiger charge is -2.05. The predicted molar refractivity (Wildman–Crippen MR) is 62.6 cm³/mol. The molecular formula is C12H11ClN2O. The van der Waals surface area contributed by atoms with E-state index in [0.29, 0.717) is 11.8 Å². The third-order valence-corrected chi connectivity index (χ3v) is 2.28. The summed E-state index contributed by atoms with van der Waals surface area (Å²) in [6.07, 6.45) is 3.12. The second kappa shape index (κ2) is 4.94. The standard InChI is InChI=1S/C12H11ClN2O/c1-9-2-4-11(5-3-9)16-8-10-6-15-12(13)7-14-10/h2-7H,8H2,1H3. The molecule has 0 atom stereocenters. The minimum atomic E-state index is 0.388. The van der Waals surface area contributed by atoms with Gasteiger partial charge in [0.25, 0.3) is 0 Å². The maximum atomic E-state index is 5.63. The highest BCUT2D eigenvalue weighted by molar-refractivity contribution is 6.29. The van der Waals surface area contributed by atoms with Gasteiger partial charge in [-0.25, -0.2) is 4.98 Å². The minimum absolute atomic E-state index is 0.388. The van der Waals surface area contributed by atoms with E-state index < -0.39 is 0 Å². The smallest absolute Gasteiger partial charge is 0.147 e. The average molecular weight is 235 g/mol. The highest BCUT2D eigenvalue weighted by atomic mass is 35.5. The molecule has 0 aliphatic rings. The summed E-state index contributed by atoms with van der Waals surface area (Å²) in [5.74, 6) is 0.822. The number of rotatable bonds is 3.